The Morgan fingerprint density at radius 3 is 2.64 bits per heavy atom. The molecule has 0 aromatic heterocycles. The lowest BCUT2D eigenvalue weighted by atomic mass is 9.92. The number of carbonyl (C=O) groups excluding carboxylic acids is 2. The van der Waals surface area contributed by atoms with Crippen molar-refractivity contribution >= 4 is 11.8 Å². The normalized spacial score (nSPS) is 31.8. The van der Waals surface area contributed by atoms with Gasteiger partial charge in [0.2, 0.25) is 0 Å². The van der Waals surface area contributed by atoms with Gasteiger partial charge in [-0.3, -0.25) is 9.59 Å². The highest BCUT2D eigenvalue weighted by Gasteiger charge is 2.35. The lowest BCUT2D eigenvalue weighted by Gasteiger charge is -2.31. The SMILES string of the molecule is CCC1(C)CC(=O)CC(=O)O1. The van der Waals surface area contributed by atoms with Crippen molar-refractivity contribution in [2.24, 2.45) is 0 Å². The molecule has 1 unspecified atom stereocenters. The fraction of sp³-hybridized carbons (Fsp3) is 0.750. The Hall–Kier alpha value is -0.860. The topological polar surface area (TPSA) is 43.4 Å². The molecule has 1 heterocycles. The molecule has 0 radical (unpaired) electrons. The molecule has 3 nitrogen and oxygen atoms in total. The highest BCUT2D eigenvalue weighted by Crippen LogP contribution is 2.25. The van der Waals surface area contributed by atoms with Crippen molar-refractivity contribution in [3.8, 4) is 0 Å². The van der Waals surface area contributed by atoms with Gasteiger partial charge in [0.05, 0.1) is 0 Å². The zero-order chi connectivity index (χ0) is 8.48. The van der Waals surface area contributed by atoms with Gasteiger partial charge < -0.3 is 4.74 Å². The van der Waals surface area contributed by atoms with Crippen LogP contribution in [-0.2, 0) is 14.3 Å². The molecule has 1 aliphatic rings. The average Bonchev–Trinajstić information content (AvgIpc) is 1.84. The van der Waals surface area contributed by atoms with Gasteiger partial charge in [0.15, 0.2) is 0 Å². The Morgan fingerprint density at radius 1 is 1.55 bits per heavy atom. The number of hydrogen-bond acceptors (Lipinski definition) is 3. The van der Waals surface area contributed by atoms with Crippen molar-refractivity contribution in [3.05, 3.63) is 0 Å². The van der Waals surface area contributed by atoms with Crippen LogP contribution in [0.2, 0.25) is 0 Å². The summed E-state index contributed by atoms with van der Waals surface area (Å²) < 4.78 is 5.03. The van der Waals surface area contributed by atoms with Gasteiger partial charge in [-0.25, -0.2) is 0 Å². The zero-order valence-corrected chi connectivity index (χ0v) is 6.85. The largest absolute Gasteiger partial charge is 0.459 e. The molecule has 0 bridgehead atoms. The van der Waals surface area contributed by atoms with Gasteiger partial charge in [-0.2, -0.15) is 0 Å². The third kappa shape index (κ3) is 1.79. The van der Waals surface area contributed by atoms with E-state index in [2.05, 4.69) is 0 Å². The van der Waals surface area contributed by atoms with Crippen LogP contribution in [-0.4, -0.2) is 17.4 Å². The molecule has 62 valence electrons. The van der Waals surface area contributed by atoms with Gasteiger partial charge in [0, 0.05) is 6.42 Å². The van der Waals surface area contributed by atoms with Crippen molar-refractivity contribution in [2.75, 3.05) is 0 Å². The zero-order valence-electron chi connectivity index (χ0n) is 6.85. The Kier molecular flexibility index (Phi) is 1.98. The molecule has 0 aliphatic carbocycles. The number of hydrogen-bond donors (Lipinski definition) is 0. The summed E-state index contributed by atoms with van der Waals surface area (Å²) in [6, 6.07) is 0. The second kappa shape index (κ2) is 2.64. The summed E-state index contributed by atoms with van der Waals surface area (Å²) in [4.78, 5) is 21.8. The average molecular weight is 156 g/mol. The standard InChI is InChI=1S/C8H12O3/c1-3-8(2)5-6(9)4-7(10)11-8/h3-5H2,1-2H3. The smallest absolute Gasteiger partial charge is 0.313 e. The van der Waals surface area contributed by atoms with Crippen molar-refractivity contribution in [2.45, 2.75) is 38.7 Å². The number of cyclic esters (lactones) is 1. The fourth-order valence-electron chi connectivity index (χ4n) is 1.18. The molecular weight excluding hydrogens is 144 g/mol. The van der Waals surface area contributed by atoms with Crippen LogP contribution in [0.25, 0.3) is 0 Å². The molecule has 1 fully saturated rings. The van der Waals surface area contributed by atoms with E-state index in [0.717, 1.165) is 0 Å². The van der Waals surface area contributed by atoms with E-state index in [1.165, 1.54) is 0 Å². The third-order valence-corrected chi connectivity index (χ3v) is 2.02. The summed E-state index contributed by atoms with van der Waals surface area (Å²) >= 11 is 0. The molecule has 0 saturated carbocycles. The first kappa shape index (κ1) is 8.24. The molecule has 0 aromatic carbocycles. The van der Waals surface area contributed by atoms with Crippen LogP contribution in [0.5, 0.6) is 0 Å². The Labute approximate surface area is 65.7 Å². The molecule has 1 atom stereocenters. The molecular formula is C8H12O3. The number of ketones is 1. The van der Waals surface area contributed by atoms with Crippen molar-refractivity contribution in [3.63, 3.8) is 0 Å². The molecule has 1 aliphatic heterocycles. The molecule has 1 rings (SSSR count). The third-order valence-electron chi connectivity index (χ3n) is 2.02. The van der Waals surface area contributed by atoms with E-state index < -0.39 is 5.60 Å². The minimum Gasteiger partial charge on any atom is -0.459 e. The van der Waals surface area contributed by atoms with Crippen LogP contribution in [0.3, 0.4) is 0 Å². The van der Waals surface area contributed by atoms with Crippen LogP contribution < -0.4 is 0 Å². The lowest BCUT2D eigenvalue weighted by molar-refractivity contribution is -0.168. The summed E-state index contributed by atoms with van der Waals surface area (Å²) in [5.41, 5.74) is -0.535. The summed E-state index contributed by atoms with van der Waals surface area (Å²) in [6.45, 7) is 3.70. The molecule has 1 saturated heterocycles. The number of carbonyl (C=O) groups is 2. The summed E-state index contributed by atoms with van der Waals surface area (Å²) in [6.07, 6.45) is 1.02. The van der Waals surface area contributed by atoms with Crippen LogP contribution >= 0.6 is 0 Å². The molecule has 3 heteroatoms. The molecule has 0 spiro atoms. The Morgan fingerprint density at radius 2 is 2.18 bits per heavy atom. The Balaban J connectivity index is 2.70. The Bertz CT molecular complexity index is 180. The number of ether oxygens (including phenoxy) is 1. The molecule has 0 N–H and O–H groups in total. The maximum Gasteiger partial charge on any atom is 0.313 e. The van der Waals surface area contributed by atoms with Gasteiger partial charge in [-0.05, 0) is 13.3 Å². The lowest BCUT2D eigenvalue weighted by Crippen LogP contribution is -2.39. The van der Waals surface area contributed by atoms with Crippen LogP contribution in [0, 0.1) is 0 Å². The summed E-state index contributed by atoms with van der Waals surface area (Å²) in [5, 5.41) is 0. The van der Waals surface area contributed by atoms with Crippen LogP contribution in [0.15, 0.2) is 0 Å². The van der Waals surface area contributed by atoms with Crippen LogP contribution in [0.1, 0.15) is 33.1 Å². The van der Waals surface area contributed by atoms with Gasteiger partial charge in [-0.15, -0.1) is 0 Å². The molecule has 0 aromatic rings. The summed E-state index contributed by atoms with van der Waals surface area (Å²) in [5.74, 6) is -0.392. The maximum absolute atomic E-state index is 10.9. The molecule has 0 amide bonds. The van der Waals surface area contributed by atoms with E-state index >= 15 is 0 Å². The predicted molar refractivity (Wildman–Crippen MR) is 39.0 cm³/mol. The van der Waals surface area contributed by atoms with Gasteiger partial charge in [-0.1, -0.05) is 6.92 Å². The van der Waals surface area contributed by atoms with Crippen molar-refractivity contribution in [1.82, 2.24) is 0 Å². The second-order valence-electron chi connectivity index (χ2n) is 3.17. The van der Waals surface area contributed by atoms with Crippen molar-refractivity contribution < 1.29 is 14.3 Å². The number of Topliss-reactive ketones (excluding diaryl/α,β-unsaturated/α-hetero) is 1. The highest BCUT2D eigenvalue weighted by atomic mass is 16.6. The van der Waals surface area contributed by atoms with Crippen molar-refractivity contribution in [1.29, 1.82) is 0 Å². The quantitative estimate of drug-likeness (QED) is 0.421. The van der Waals surface area contributed by atoms with E-state index in [0.29, 0.717) is 12.8 Å². The van der Waals surface area contributed by atoms with E-state index in [1.807, 2.05) is 6.92 Å². The van der Waals surface area contributed by atoms with Gasteiger partial charge in [0.1, 0.15) is 17.8 Å². The minimum absolute atomic E-state index is 0.00870. The van der Waals surface area contributed by atoms with E-state index in [4.69, 9.17) is 4.74 Å². The number of rotatable bonds is 1. The second-order valence-corrected chi connectivity index (χ2v) is 3.17. The highest BCUT2D eigenvalue weighted by molar-refractivity contribution is 5.98. The minimum atomic E-state index is -0.535. The van der Waals surface area contributed by atoms with Crippen LogP contribution in [0.4, 0.5) is 0 Å². The monoisotopic (exact) mass is 156 g/mol. The predicted octanol–water partition coefficient (Wildman–Crippen LogP) is 1.06. The number of esters is 1. The van der Waals surface area contributed by atoms with E-state index in [9.17, 15) is 9.59 Å². The first-order chi connectivity index (χ1) is 5.06. The van der Waals surface area contributed by atoms with E-state index in [-0.39, 0.29) is 18.2 Å². The van der Waals surface area contributed by atoms with Gasteiger partial charge >= 0.3 is 5.97 Å². The van der Waals surface area contributed by atoms with Gasteiger partial charge in [0.25, 0.3) is 0 Å². The molecule has 11 heavy (non-hydrogen) atoms. The van der Waals surface area contributed by atoms with E-state index in [1.54, 1.807) is 6.92 Å². The first-order valence-corrected chi connectivity index (χ1v) is 3.79. The summed E-state index contributed by atoms with van der Waals surface area (Å²) in [7, 11) is 0. The first-order valence-electron chi connectivity index (χ1n) is 3.79. The maximum atomic E-state index is 10.9. The fourth-order valence-corrected chi connectivity index (χ4v) is 1.18.